The maximum absolute atomic E-state index is 13.8. The fourth-order valence-corrected chi connectivity index (χ4v) is 4.71. The van der Waals surface area contributed by atoms with Crippen LogP contribution in [0, 0.1) is 12.7 Å². The minimum atomic E-state index is -0.325. The molecule has 3 aromatic carbocycles. The zero-order valence-electron chi connectivity index (χ0n) is 21.8. The highest BCUT2D eigenvalue weighted by molar-refractivity contribution is 5.94. The number of benzene rings is 3. The second-order valence-electron chi connectivity index (χ2n) is 9.57. The Balaban J connectivity index is 1.57. The highest BCUT2D eigenvalue weighted by atomic mass is 19.1. The molecule has 5 rings (SSSR count). The summed E-state index contributed by atoms with van der Waals surface area (Å²) < 4.78 is 27.8. The van der Waals surface area contributed by atoms with E-state index >= 15 is 0 Å². The normalized spacial score (nSPS) is 15.0. The molecular formula is C31H32FN3O3. The van der Waals surface area contributed by atoms with Gasteiger partial charge in [-0.3, -0.25) is 4.79 Å². The number of aromatic nitrogens is 2. The molecule has 0 spiro atoms. The first-order valence-corrected chi connectivity index (χ1v) is 13.1. The van der Waals surface area contributed by atoms with Crippen LogP contribution in [0.5, 0.6) is 11.6 Å². The number of hydrogen-bond acceptors (Lipinski definition) is 4. The molecule has 38 heavy (non-hydrogen) atoms. The molecule has 1 aromatic heterocycles. The van der Waals surface area contributed by atoms with Gasteiger partial charge in [-0.2, -0.15) is 5.10 Å². The fraction of sp³-hybridized carbons (Fsp3) is 0.290. The summed E-state index contributed by atoms with van der Waals surface area (Å²) in [5, 5.41) is 4.85. The van der Waals surface area contributed by atoms with Crippen LogP contribution in [0.3, 0.4) is 0 Å². The number of carbonyl (C=O) groups is 1. The van der Waals surface area contributed by atoms with E-state index in [2.05, 4.69) is 0 Å². The van der Waals surface area contributed by atoms with E-state index in [1.165, 1.54) is 12.1 Å². The van der Waals surface area contributed by atoms with Gasteiger partial charge < -0.3 is 14.4 Å². The molecule has 0 N–H and O–H groups in total. The van der Waals surface area contributed by atoms with Crippen molar-refractivity contribution in [2.45, 2.75) is 45.8 Å². The molecule has 4 aromatic rings. The van der Waals surface area contributed by atoms with Crippen molar-refractivity contribution in [3.63, 3.8) is 0 Å². The first-order valence-electron chi connectivity index (χ1n) is 13.1. The summed E-state index contributed by atoms with van der Waals surface area (Å²) in [7, 11) is 0. The maximum atomic E-state index is 13.8. The van der Waals surface area contributed by atoms with Crippen molar-refractivity contribution < 1.29 is 18.7 Å². The Hall–Kier alpha value is -3.97. The fourth-order valence-electron chi connectivity index (χ4n) is 4.71. The Morgan fingerprint density at radius 2 is 1.82 bits per heavy atom. The van der Waals surface area contributed by atoms with Gasteiger partial charge in [0.2, 0.25) is 5.88 Å². The molecule has 0 saturated carbocycles. The predicted octanol–water partition coefficient (Wildman–Crippen LogP) is 6.50. The van der Waals surface area contributed by atoms with E-state index in [0.29, 0.717) is 49.0 Å². The maximum Gasteiger partial charge on any atom is 0.254 e. The topological polar surface area (TPSA) is 56.6 Å². The van der Waals surface area contributed by atoms with E-state index in [-0.39, 0.29) is 17.8 Å². The number of carbonyl (C=O) groups excluding carboxylic acids is 1. The molecule has 0 radical (unpaired) electrons. The third-order valence-electron chi connectivity index (χ3n) is 6.77. The average molecular weight is 514 g/mol. The molecule has 0 unspecified atom stereocenters. The van der Waals surface area contributed by atoms with Crippen LogP contribution in [0.2, 0.25) is 0 Å². The second kappa shape index (κ2) is 11.6. The molecule has 196 valence electrons. The number of rotatable bonds is 9. The van der Waals surface area contributed by atoms with E-state index in [0.717, 1.165) is 29.7 Å². The van der Waals surface area contributed by atoms with Gasteiger partial charge >= 0.3 is 0 Å². The quantitative estimate of drug-likeness (QED) is 0.257. The van der Waals surface area contributed by atoms with E-state index in [1.807, 2.05) is 73.3 Å². The van der Waals surface area contributed by atoms with Crippen LogP contribution in [-0.4, -0.2) is 39.8 Å². The van der Waals surface area contributed by atoms with Crippen LogP contribution in [0.15, 0.2) is 78.9 Å². The standard InChI is InChI=1S/C31H32FN3O3/c1-3-29-28(21-34(20-27-10-7-19-37-27)30(36)23-13-11-22(2)12-14-23)31(38-26-8-5-4-6-9-26)35(33-29)25-17-15-24(32)16-18-25/h4-6,8-9,11-18,27H,3,7,10,19-21H2,1-2H3/t27-/m0/s1. The van der Waals surface area contributed by atoms with Gasteiger partial charge in [0.1, 0.15) is 11.6 Å². The van der Waals surface area contributed by atoms with Gasteiger partial charge in [0.05, 0.1) is 29.6 Å². The summed E-state index contributed by atoms with van der Waals surface area (Å²) in [6, 6.07) is 23.3. The summed E-state index contributed by atoms with van der Waals surface area (Å²) in [6.07, 6.45) is 2.53. The summed E-state index contributed by atoms with van der Waals surface area (Å²) in [5.41, 5.74) is 4.03. The summed E-state index contributed by atoms with van der Waals surface area (Å²) in [6.45, 7) is 5.52. The molecule has 1 amide bonds. The lowest BCUT2D eigenvalue weighted by Crippen LogP contribution is -2.37. The SMILES string of the molecule is CCc1nn(-c2ccc(F)cc2)c(Oc2ccccc2)c1CN(C[C@@H]1CCCO1)C(=O)c1ccc(C)cc1. The van der Waals surface area contributed by atoms with Crippen molar-refractivity contribution in [3.05, 3.63) is 107 Å². The number of halogens is 1. The van der Waals surface area contributed by atoms with Crippen LogP contribution in [0.1, 0.15) is 46.9 Å². The van der Waals surface area contributed by atoms with Gasteiger partial charge in [0.15, 0.2) is 0 Å². The van der Waals surface area contributed by atoms with Crippen molar-refractivity contribution in [2.75, 3.05) is 13.2 Å². The van der Waals surface area contributed by atoms with E-state index < -0.39 is 0 Å². The highest BCUT2D eigenvalue weighted by Gasteiger charge is 2.28. The largest absolute Gasteiger partial charge is 0.439 e. The monoisotopic (exact) mass is 513 g/mol. The number of amides is 1. The third-order valence-corrected chi connectivity index (χ3v) is 6.77. The van der Waals surface area contributed by atoms with Gasteiger partial charge in [0.25, 0.3) is 5.91 Å². The molecule has 1 aliphatic rings. The van der Waals surface area contributed by atoms with Crippen molar-refractivity contribution in [3.8, 4) is 17.3 Å². The van der Waals surface area contributed by atoms with Crippen molar-refractivity contribution in [1.29, 1.82) is 0 Å². The molecular weight excluding hydrogens is 481 g/mol. The summed E-state index contributed by atoms with van der Waals surface area (Å²) in [4.78, 5) is 15.6. The summed E-state index contributed by atoms with van der Waals surface area (Å²) >= 11 is 0. The number of ether oxygens (including phenoxy) is 2. The van der Waals surface area contributed by atoms with Crippen molar-refractivity contribution in [2.24, 2.45) is 0 Å². The molecule has 0 bridgehead atoms. The Morgan fingerprint density at radius 1 is 1.08 bits per heavy atom. The minimum Gasteiger partial charge on any atom is -0.439 e. The molecule has 1 aliphatic heterocycles. The highest BCUT2D eigenvalue weighted by Crippen LogP contribution is 2.33. The van der Waals surface area contributed by atoms with Gasteiger partial charge in [-0.25, -0.2) is 9.07 Å². The number of aryl methyl sites for hydroxylation is 2. The first-order chi connectivity index (χ1) is 18.5. The van der Waals surface area contributed by atoms with E-state index in [1.54, 1.807) is 16.8 Å². The second-order valence-corrected chi connectivity index (χ2v) is 9.57. The van der Waals surface area contributed by atoms with Gasteiger partial charge in [-0.15, -0.1) is 0 Å². The lowest BCUT2D eigenvalue weighted by molar-refractivity contribution is 0.0505. The number of hydrogen-bond donors (Lipinski definition) is 0. The Labute approximate surface area is 222 Å². The van der Waals surface area contributed by atoms with Crippen LogP contribution < -0.4 is 4.74 Å². The third kappa shape index (κ3) is 5.78. The Morgan fingerprint density at radius 3 is 2.47 bits per heavy atom. The van der Waals surface area contributed by atoms with Crippen molar-refractivity contribution in [1.82, 2.24) is 14.7 Å². The zero-order valence-corrected chi connectivity index (χ0v) is 21.8. The predicted molar refractivity (Wildman–Crippen MR) is 144 cm³/mol. The molecule has 1 saturated heterocycles. The molecule has 6 nitrogen and oxygen atoms in total. The lowest BCUT2D eigenvalue weighted by atomic mass is 10.1. The smallest absolute Gasteiger partial charge is 0.254 e. The molecule has 7 heteroatoms. The van der Waals surface area contributed by atoms with Crippen molar-refractivity contribution >= 4 is 5.91 Å². The van der Waals surface area contributed by atoms with E-state index in [9.17, 15) is 9.18 Å². The number of nitrogens with zero attached hydrogens (tertiary/aromatic N) is 3. The molecule has 2 heterocycles. The first kappa shape index (κ1) is 25.7. The van der Waals surface area contributed by atoms with Gasteiger partial charge in [-0.1, -0.05) is 42.8 Å². The lowest BCUT2D eigenvalue weighted by Gasteiger charge is -2.26. The van der Waals surface area contributed by atoms with E-state index in [4.69, 9.17) is 14.6 Å². The Kier molecular flexibility index (Phi) is 7.84. The van der Waals surface area contributed by atoms with Crippen LogP contribution in [-0.2, 0) is 17.7 Å². The molecule has 1 fully saturated rings. The van der Waals surface area contributed by atoms with Gasteiger partial charge in [-0.05, 0) is 74.7 Å². The van der Waals surface area contributed by atoms with Gasteiger partial charge in [0, 0.05) is 18.7 Å². The minimum absolute atomic E-state index is 0.0138. The van der Waals surface area contributed by atoms with Crippen LogP contribution >= 0.6 is 0 Å². The molecule has 0 aliphatic carbocycles. The zero-order chi connectivity index (χ0) is 26.5. The molecule has 1 atom stereocenters. The average Bonchev–Trinajstić information content (AvgIpc) is 3.57. The van der Waals surface area contributed by atoms with Crippen LogP contribution in [0.25, 0.3) is 5.69 Å². The summed E-state index contributed by atoms with van der Waals surface area (Å²) in [5.74, 6) is 0.764. The van der Waals surface area contributed by atoms with Crippen LogP contribution in [0.4, 0.5) is 4.39 Å². The number of para-hydroxylation sites is 1. The Bertz CT molecular complexity index is 1360.